The molecule has 1 aliphatic heterocycles. The molecule has 1 aliphatic rings. The molecule has 0 saturated carbocycles. The van der Waals surface area contributed by atoms with Crippen molar-refractivity contribution in [3.05, 3.63) is 0 Å². The molecule has 0 spiro atoms. The van der Waals surface area contributed by atoms with Gasteiger partial charge in [0, 0.05) is 17.4 Å². The average molecular weight is 280 g/mol. The highest BCUT2D eigenvalue weighted by atomic mass is 33.1. The lowest BCUT2D eigenvalue weighted by Crippen LogP contribution is -2.25. The summed E-state index contributed by atoms with van der Waals surface area (Å²) in [6.07, 6.45) is 3.91. The number of aliphatic hydroxyl groups excluding tert-OH is 2. The number of aliphatic hydroxyl groups is 2. The van der Waals surface area contributed by atoms with E-state index in [0.29, 0.717) is 6.42 Å². The molecule has 4 nitrogen and oxygen atoms in total. The zero-order valence-corrected chi connectivity index (χ0v) is 11.5. The van der Waals surface area contributed by atoms with Gasteiger partial charge in [0.2, 0.25) is 0 Å². The monoisotopic (exact) mass is 280 g/mol. The molecule has 2 N–H and O–H groups in total. The number of esters is 1. The molecule has 1 saturated heterocycles. The van der Waals surface area contributed by atoms with Crippen LogP contribution in [0.25, 0.3) is 0 Å². The summed E-state index contributed by atoms with van der Waals surface area (Å²) in [5.74, 6) is 0.915. The fourth-order valence-electron chi connectivity index (χ4n) is 1.58. The normalized spacial score (nSPS) is 19.8. The maximum atomic E-state index is 11.3. The molecule has 1 fully saturated rings. The van der Waals surface area contributed by atoms with Gasteiger partial charge in [-0.25, -0.2) is 0 Å². The molecule has 17 heavy (non-hydrogen) atoms. The molecule has 0 radical (unpaired) electrons. The van der Waals surface area contributed by atoms with Gasteiger partial charge in [0.1, 0.15) is 6.10 Å². The number of hydrogen-bond acceptors (Lipinski definition) is 6. The minimum atomic E-state index is -0.760. The Morgan fingerprint density at radius 3 is 2.71 bits per heavy atom. The third-order valence-corrected chi connectivity index (χ3v) is 5.60. The van der Waals surface area contributed by atoms with Crippen LogP contribution in [0.3, 0.4) is 0 Å². The van der Waals surface area contributed by atoms with Crippen molar-refractivity contribution in [2.45, 2.75) is 43.5 Å². The SMILES string of the molecule is O=C(CCCCC1CCSS1)OC(CO)CO. The minimum absolute atomic E-state index is 0.321. The number of carbonyl (C=O) groups is 1. The van der Waals surface area contributed by atoms with Gasteiger partial charge >= 0.3 is 5.97 Å². The van der Waals surface area contributed by atoms with Crippen molar-refractivity contribution in [1.82, 2.24) is 0 Å². The van der Waals surface area contributed by atoms with Gasteiger partial charge in [-0.15, -0.1) is 0 Å². The molecule has 0 aliphatic carbocycles. The molecule has 6 heteroatoms. The molecular formula is C11H20O4S2. The molecule has 1 atom stereocenters. The van der Waals surface area contributed by atoms with E-state index in [1.54, 1.807) is 0 Å². The van der Waals surface area contributed by atoms with Gasteiger partial charge in [-0.2, -0.15) is 0 Å². The molecule has 0 amide bonds. The van der Waals surface area contributed by atoms with Crippen molar-refractivity contribution in [2.24, 2.45) is 0 Å². The van der Waals surface area contributed by atoms with Gasteiger partial charge < -0.3 is 14.9 Å². The van der Waals surface area contributed by atoms with E-state index in [2.05, 4.69) is 0 Å². The first-order chi connectivity index (χ1) is 8.26. The van der Waals surface area contributed by atoms with E-state index in [1.807, 2.05) is 21.6 Å². The van der Waals surface area contributed by atoms with Gasteiger partial charge in [0.05, 0.1) is 13.2 Å². The number of carbonyl (C=O) groups excluding carboxylic acids is 1. The lowest BCUT2D eigenvalue weighted by atomic mass is 10.1. The zero-order valence-electron chi connectivity index (χ0n) is 9.84. The molecule has 0 aromatic carbocycles. The standard InChI is InChI=1S/C11H20O4S2/c12-7-9(8-13)15-11(14)4-2-1-3-10-5-6-16-17-10/h9-10,12-13H,1-8H2. The van der Waals surface area contributed by atoms with Crippen molar-refractivity contribution in [3.8, 4) is 0 Å². The van der Waals surface area contributed by atoms with Crippen molar-refractivity contribution in [1.29, 1.82) is 0 Å². The predicted molar refractivity (Wildman–Crippen MR) is 71.0 cm³/mol. The summed E-state index contributed by atoms with van der Waals surface area (Å²) < 4.78 is 4.87. The fourth-order valence-corrected chi connectivity index (χ4v) is 4.61. The third-order valence-electron chi connectivity index (χ3n) is 2.59. The second-order valence-electron chi connectivity index (χ2n) is 4.05. The molecule has 100 valence electrons. The Morgan fingerprint density at radius 1 is 1.35 bits per heavy atom. The minimum Gasteiger partial charge on any atom is -0.457 e. The van der Waals surface area contributed by atoms with Crippen LogP contribution in [0.5, 0.6) is 0 Å². The number of hydrogen-bond donors (Lipinski definition) is 2. The number of rotatable bonds is 8. The molecule has 0 bridgehead atoms. The maximum absolute atomic E-state index is 11.3. The van der Waals surface area contributed by atoms with Gasteiger partial charge in [-0.1, -0.05) is 28.0 Å². The first-order valence-electron chi connectivity index (χ1n) is 5.95. The Kier molecular flexibility index (Phi) is 8.09. The van der Waals surface area contributed by atoms with E-state index < -0.39 is 6.10 Å². The van der Waals surface area contributed by atoms with Gasteiger partial charge in [0.25, 0.3) is 0 Å². The van der Waals surface area contributed by atoms with Crippen LogP contribution in [0.4, 0.5) is 0 Å². The van der Waals surface area contributed by atoms with Crippen LogP contribution in [-0.2, 0) is 9.53 Å². The largest absolute Gasteiger partial charge is 0.457 e. The van der Waals surface area contributed by atoms with Crippen LogP contribution in [-0.4, -0.2) is 46.5 Å². The Morgan fingerprint density at radius 2 is 2.12 bits per heavy atom. The first-order valence-corrected chi connectivity index (χ1v) is 8.34. The Balaban J connectivity index is 1.99. The Labute approximate surface area is 110 Å². The summed E-state index contributed by atoms with van der Waals surface area (Å²) in [5, 5.41) is 18.2. The number of unbranched alkanes of at least 4 members (excludes halogenated alkanes) is 1. The van der Waals surface area contributed by atoms with E-state index in [4.69, 9.17) is 14.9 Å². The van der Waals surface area contributed by atoms with E-state index in [0.717, 1.165) is 24.5 Å². The summed E-state index contributed by atoms with van der Waals surface area (Å²) in [6.45, 7) is -0.643. The average Bonchev–Trinajstić information content (AvgIpc) is 2.84. The lowest BCUT2D eigenvalue weighted by molar-refractivity contribution is -0.153. The van der Waals surface area contributed by atoms with Gasteiger partial charge in [-0.05, 0) is 19.3 Å². The van der Waals surface area contributed by atoms with Gasteiger partial charge in [-0.3, -0.25) is 4.79 Å². The van der Waals surface area contributed by atoms with Crippen molar-refractivity contribution < 1.29 is 19.7 Å². The predicted octanol–water partition coefficient (Wildman–Crippen LogP) is 1.60. The fraction of sp³-hybridized carbons (Fsp3) is 0.909. The summed E-state index contributed by atoms with van der Waals surface area (Å²) in [6, 6.07) is 0. The maximum Gasteiger partial charge on any atom is 0.306 e. The zero-order chi connectivity index (χ0) is 12.5. The van der Waals surface area contributed by atoms with Crippen LogP contribution >= 0.6 is 21.6 Å². The molecule has 1 rings (SSSR count). The van der Waals surface area contributed by atoms with Gasteiger partial charge in [0.15, 0.2) is 0 Å². The Bertz CT molecular complexity index is 216. The highest BCUT2D eigenvalue weighted by Gasteiger charge is 2.16. The summed E-state index contributed by atoms with van der Waals surface area (Å²) in [4.78, 5) is 11.3. The van der Waals surface area contributed by atoms with Crippen molar-refractivity contribution in [3.63, 3.8) is 0 Å². The first kappa shape index (κ1) is 15.1. The second kappa shape index (κ2) is 9.08. The van der Waals surface area contributed by atoms with E-state index in [-0.39, 0.29) is 19.2 Å². The second-order valence-corrected chi connectivity index (χ2v) is 6.84. The van der Waals surface area contributed by atoms with Crippen LogP contribution in [0.1, 0.15) is 32.1 Å². The van der Waals surface area contributed by atoms with E-state index >= 15 is 0 Å². The van der Waals surface area contributed by atoms with E-state index in [9.17, 15) is 4.79 Å². The molecule has 0 aromatic rings. The Hall–Kier alpha value is 0.0900. The van der Waals surface area contributed by atoms with Crippen LogP contribution < -0.4 is 0 Å². The topological polar surface area (TPSA) is 66.8 Å². The summed E-state index contributed by atoms with van der Waals surface area (Å²) in [5.41, 5.74) is 0. The number of ether oxygens (including phenoxy) is 1. The smallest absolute Gasteiger partial charge is 0.306 e. The van der Waals surface area contributed by atoms with Crippen LogP contribution in [0.2, 0.25) is 0 Å². The summed E-state index contributed by atoms with van der Waals surface area (Å²) in [7, 11) is 3.88. The summed E-state index contributed by atoms with van der Waals surface area (Å²) >= 11 is 0. The molecule has 0 aromatic heterocycles. The van der Waals surface area contributed by atoms with E-state index in [1.165, 1.54) is 12.2 Å². The molecular weight excluding hydrogens is 260 g/mol. The highest BCUT2D eigenvalue weighted by Crippen LogP contribution is 2.39. The van der Waals surface area contributed by atoms with Crippen molar-refractivity contribution in [2.75, 3.05) is 19.0 Å². The highest BCUT2D eigenvalue weighted by molar-refractivity contribution is 8.77. The van der Waals surface area contributed by atoms with Crippen LogP contribution in [0.15, 0.2) is 0 Å². The third kappa shape index (κ3) is 6.55. The van der Waals surface area contributed by atoms with Crippen molar-refractivity contribution >= 4 is 27.6 Å². The lowest BCUT2D eigenvalue weighted by Gasteiger charge is -2.12. The van der Waals surface area contributed by atoms with Crippen LogP contribution in [0, 0.1) is 0 Å². The quantitative estimate of drug-likeness (QED) is 0.400. The molecule has 1 unspecified atom stereocenters. The molecule has 1 heterocycles.